The number of benzene rings is 2. The third kappa shape index (κ3) is 1.65. The minimum absolute atomic E-state index is 0.647. The molecule has 4 heteroatoms. The summed E-state index contributed by atoms with van der Waals surface area (Å²) in [5.74, 6) is 0. The number of halogens is 1. The largest absolute Gasteiger partial charge is 0.397 e. The first kappa shape index (κ1) is 10.2. The maximum atomic E-state index is 5.99. The number of para-hydroxylation sites is 1. The van der Waals surface area contributed by atoms with E-state index >= 15 is 0 Å². The van der Waals surface area contributed by atoms with Crippen LogP contribution in [0.2, 0.25) is 5.02 Å². The molecule has 17 heavy (non-hydrogen) atoms. The van der Waals surface area contributed by atoms with Crippen LogP contribution in [0, 0.1) is 0 Å². The second kappa shape index (κ2) is 3.79. The Hall–Kier alpha value is -2.00. The second-order valence-corrected chi connectivity index (χ2v) is 4.25. The van der Waals surface area contributed by atoms with Crippen LogP contribution in [-0.2, 0) is 0 Å². The van der Waals surface area contributed by atoms with E-state index in [9.17, 15) is 0 Å². The third-order valence-corrected chi connectivity index (χ3v) is 2.93. The van der Waals surface area contributed by atoms with Crippen LogP contribution in [0.5, 0.6) is 0 Å². The van der Waals surface area contributed by atoms with Gasteiger partial charge in [0.05, 0.1) is 23.1 Å². The molecule has 0 radical (unpaired) electrons. The molecule has 3 rings (SSSR count). The van der Waals surface area contributed by atoms with Crippen molar-refractivity contribution in [1.82, 2.24) is 9.78 Å². The van der Waals surface area contributed by atoms with Gasteiger partial charge in [0.15, 0.2) is 0 Å². The van der Waals surface area contributed by atoms with E-state index in [1.165, 1.54) is 0 Å². The molecule has 0 aliphatic rings. The van der Waals surface area contributed by atoms with Gasteiger partial charge in [0.2, 0.25) is 0 Å². The standard InChI is InChI=1S/C13H10ClN3/c14-10-5-6-11(15)13(7-10)17-12-4-2-1-3-9(12)8-16-17/h1-8H,15H2. The van der Waals surface area contributed by atoms with Crippen molar-refractivity contribution in [1.29, 1.82) is 0 Å². The molecule has 0 spiro atoms. The lowest BCUT2D eigenvalue weighted by Gasteiger charge is -2.07. The van der Waals surface area contributed by atoms with Crippen molar-refractivity contribution < 1.29 is 0 Å². The summed E-state index contributed by atoms with van der Waals surface area (Å²) in [6.07, 6.45) is 1.82. The molecule has 84 valence electrons. The quantitative estimate of drug-likeness (QED) is 0.667. The molecule has 1 heterocycles. The van der Waals surface area contributed by atoms with Crippen LogP contribution in [0.25, 0.3) is 16.6 Å². The van der Waals surface area contributed by atoms with E-state index in [0.717, 1.165) is 16.6 Å². The molecule has 0 aliphatic carbocycles. The molecule has 1 aromatic heterocycles. The minimum atomic E-state index is 0.647. The number of aromatic nitrogens is 2. The van der Waals surface area contributed by atoms with Gasteiger partial charge in [-0.05, 0) is 24.3 Å². The van der Waals surface area contributed by atoms with Gasteiger partial charge in [-0.1, -0.05) is 29.8 Å². The van der Waals surface area contributed by atoms with Crippen molar-refractivity contribution in [3.63, 3.8) is 0 Å². The molecule has 0 saturated heterocycles. The van der Waals surface area contributed by atoms with E-state index in [1.54, 1.807) is 16.8 Å². The number of nitrogens with two attached hydrogens (primary N) is 1. The van der Waals surface area contributed by atoms with Crippen molar-refractivity contribution in [3.05, 3.63) is 53.7 Å². The molecule has 0 fully saturated rings. The molecule has 0 bridgehead atoms. The van der Waals surface area contributed by atoms with Gasteiger partial charge >= 0.3 is 0 Å². The van der Waals surface area contributed by atoms with Gasteiger partial charge < -0.3 is 5.73 Å². The van der Waals surface area contributed by atoms with E-state index in [1.807, 2.05) is 36.5 Å². The van der Waals surface area contributed by atoms with Crippen LogP contribution in [0.15, 0.2) is 48.7 Å². The third-order valence-electron chi connectivity index (χ3n) is 2.70. The van der Waals surface area contributed by atoms with E-state index in [2.05, 4.69) is 5.10 Å². The zero-order chi connectivity index (χ0) is 11.8. The number of nitrogen functional groups attached to an aromatic ring is 1. The number of hydrogen-bond acceptors (Lipinski definition) is 2. The lowest BCUT2D eigenvalue weighted by molar-refractivity contribution is 0.913. The second-order valence-electron chi connectivity index (χ2n) is 3.82. The average molecular weight is 244 g/mol. The number of fused-ring (bicyclic) bond motifs is 1. The highest BCUT2D eigenvalue weighted by Crippen LogP contribution is 2.25. The lowest BCUT2D eigenvalue weighted by atomic mass is 10.2. The number of anilines is 1. The zero-order valence-electron chi connectivity index (χ0n) is 8.97. The first-order chi connectivity index (χ1) is 8.25. The first-order valence-electron chi connectivity index (χ1n) is 5.24. The van der Waals surface area contributed by atoms with Crippen molar-refractivity contribution in [2.45, 2.75) is 0 Å². The summed E-state index contributed by atoms with van der Waals surface area (Å²) in [6, 6.07) is 13.3. The predicted molar refractivity (Wildman–Crippen MR) is 70.5 cm³/mol. The Morgan fingerprint density at radius 2 is 1.94 bits per heavy atom. The van der Waals surface area contributed by atoms with Crippen LogP contribution < -0.4 is 5.73 Å². The predicted octanol–water partition coefficient (Wildman–Crippen LogP) is 3.26. The van der Waals surface area contributed by atoms with E-state index in [-0.39, 0.29) is 0 Å². The molecular weight excluding hydrogens is 234 g/mol. The number of hydrogen-bond donors (Lipinski definition) is 1. The molecule has 2 N–H and O–H groups in total. The van der Waals surface area contributed by atoms with Crippen LogP contribution in [0.4, 0.5) is 5.69 Å². The molecule has 0 amide bonds. The highest BCUT2D eigenvalue weighted by Gasteiger charge is 2.07. The van der Waals surface area contributed by atoms with Gasteiger partial charge in [0.25, 0.3) is 0 Å². The first-order valence-corrected chi connectivity index (χ1v) is 5.62. The Balaban J connectivity index is 2.31. The van der Waals surface area contributed by atoms with Gasteiger partial charge in [0.1, 0.15) is 0 Å². The summed E-state index contributed by atoms with van der Waals surface area (Å²) < 4.78 is 1.80. The Kier molecular flexibility index (Phi) is 2.27. The van der Waals surface area contributed by atoms with Crippen LogP contribution in [0.3, 0.4) is 0 Å². The summed E-state index contributed by atoms with van der Waals surface area (Å²) in [7, 11) is 0. The lowest BCUT2D eigenvalue weighted by Crippen LogP contribution is -2.00. The van der Waals surface area contributed by atoms with Gasteiger partial charge in [0, 0.05) is 10.4 Å². The van der Waals surface area contributed by atoms with E-state index in [4.69, 9.17) is 17.3 Å². The fraction of sp³-hybridized carbons (Fsp3) is 0. The summed E-state index contributed by atoms with van der Waals surface area (Å²) in [5.41, 5.74) is 8.43. The number of rotatable bonds is 1. The fourth-order valence-corrected chi connectivity index (χ4v) is 2.03. The van der Waals surface area contributed by atoms with E-state index < -0.39 is 0 Å². The smallest absolute Gasteiger partial charge is 0.0896 e. The molecular formula is C13H10ClN3. The molecule has 3 aromatic rings. The summed E-state index contributed by atoms with van der Waals surface area (Å²) >= 11 is 5.99. The summed E-state index contributed by atoms with van der Waals surface area (Å²) in [4.78, 5) is 0. The Morgan fingerprint density at radius 1 is 1.12 bits per heavy atom. The van der Waals surface area contributed by atoms with Crippen molar-refractivity contribution in [2.24, 2.45) is 0 Å². The SMILES string of the molecule is Nc1ccc(Cl)cc1-n1ncc2ccccc21. The van der Waals surface area contributed by atoms with Gasteiger partial charge in [-0.25, -0.2) is 4.68 Å². The van der Waals surface area contributed by atoms with Crippen molar-refractivity contribution >= 4 is 28.2 Å². The van der Waals surface area contributed by atoms with Crippen molar-refractivity contribution in [2.75, 3.05) is 5.73 Å². The van der Waals surface area contributed by atoms with Gasteiger partial charge in [-0.2, -0.15) is 5.10 Å². The fourth-order valence-electron chi connectivity index (χ4n) is 1.86. The summed E-state index contributed by atoms with van der Waals surface area (Å²) in [6.45, 7) is 0. The maximum absolute atomic E-state index is 5.99. The monoisotopic (exact) mass is 243 g/mol. The topological polar surface area (TPSA) is 43.8 Å². The molecule has 3 nitrogen and oxygen atoms in total. The number of nitrogens with zero attached hydrogens (tertiary/aromatic N) is 2. The van der Waals surface area contributed by atoms with Gasteiger partial charge in [-0.15, -0.1) is 0 Å². The van der Waals surface area contributed by atoms with Gasteiger partial charge in [-0.3, -0.25) is 0 Å². The zero-order valence-corrected chi connectivity index (χ0v) is 9.72. The summed E-state index contributed by atoms with van der Waals surface area (Å²) in [5, 5.41) is 6.07. The Bertz CT molecular complexity index is 688. The molecule has 2 aromatic carbocycles. The Labute approximate surface area is 103 Å². The highest BCUT2D eigenvalue weighted by atomic mass is 35.5. The maximum Gasteiger partial charge on any atom is 0.0896 e. The van der Waals surface area contributed by atoms with Crippen LogP contribution >= 0.6 is 11.6 Å². The normalized spacial score (nSPS) is 10.9. The highest BCUT2D eigenvalue weighted by molar-refractivity contribution is 6.30. The van der Waals surface area contributed by atoms with Crippen molar-refractivity contribution in [3.8, 4) is 5.69 Å². The average Bonchev–Trinajstić information content (AvgIpc) is 2.76. The van der Waals surface area contributed by atoms with E-state index in [0.29, 0.717) is 10.7 Å². The molecule has 0 unspecified atom stereocenters. The molecule has 0 saturated carbocycles. The van der Waals surface area contributed by atoms with Crippen LogP contribution in [0.1, 0.15) is 0 Å². The minimum Gasteiger partial charge on any atom is -0.397 e. The molecule has 0 atom stereocenters. The molecule has 0 aliphatic heterocycles. The Morgan fingerprint density at radius 3 is 2.82 bits per heavy atom. The van der Waals surface area contributed by atoms with Crippen LogP contribution in [-0.4, -0.2) is 9.78 Å².